The topological polar surface area (TPSA) is 83.5 Å². The Kier molecular flexibility index (Phi) is 5.67. The van der Waals surface area contributed by atoms with Gasteiger partial charge in [0.25, 0.3) is 0 Å². The molecular formula is C28H43NO7. The van der Waals surface area contributed by atoms with Crippen molar-refractivity contribution in [2.45, 2.75) is 89.4 Å². The van der Waals surface area contributed by atoms with E-state index in [0.29, 0.717) is 0 Å². The predicted octanol–water partition coefficient (Wildman–Crippen LogP) is 2.67. The molecule has 1 spiro atoms. The van der Waals surface area contributed by atoms with Crippen molar-refractivity contribution in [1.29, 1.82) is 0 Å². The molecule has 6 fully saturated rings. The van der Waals surface area contributed by atoms with E-state index >= 15 is 0 Å². The number of nitrogens with zero attached hydrogens (tertiary/aromatic N) is 1. The Bertz CT molecular complexity index is 943. The normalized spacial score (nSPS) is 54.3. The summed E-state index contributed by atoms with van der Waals surface area (Å²) < 4.78 is 31.8. The number of piperidine rings is 1. The zero-order chi connectivity index (χ0) is 25.8. The molecule has 5 saturated carbocycles. The molecule has 6 rings (SSSR count). The van der Waals surface area contributed by atoms with Crippen molar-refractivity contribution < 1.29 is 33.3 Å². The molecule has 0 aromatic heterocycles. The molecule has 0 unspecified atom stereocenters. The second-order valence-corrected chi connectivity index (χ2v) is 12.7. The fraction of sp³-hybridized carbons (Fsp3) is 0.929. The molecule has 8 heteroatoms. The highest BCUT2D eigenvalue weighted by Crippen LogP contribution is 2.80. The number of rotatable bonds is 6. The van der Waals surface area contributed by atoms with Crippen molar-refractivity contribution in [2.24, 2.45) is 40.4 Å². The van der Waals surface area contributed by atoms with Crippen LogP contribution in [0.5, 0.6) is 0 Å². The Labute approximate surface area is 214 Å². The van der Waals surface area contributed by atoms with Crippen LogP contribution in [-0.2, 0) is 33.3 Å². The standard InChI is InChI=1S/C28H43NO7/c1-8-29-13-26(4)10-9-19(33-6)28-17-11-16-18(32-5)12-27(34-7,20(17)22(16)35-14(2)30)21(25(28)29)23(24(26)28)36-15(3)31/h16-25H,8-13H2,1-7H3/t16-,17-,18+,19+,20-,21+,22+,23+,24-,25-,26+,27-,28+/m1/s1. The molecule has 0 aromatic carbocycles. The van der Waals surface area contributed by atoms with Crippen molar-refractivity contribution in [3.63, 3.8) is 0 Å². The molecule has 0 aromatic rings. The first kappa shape index (κ1) is 25.1. The minimum absolute atomic E-state index is 0.000348. The lowest BCUT2D eigenvalue weighted by Gasteiger charge is -2.69. The Morgan fingerprint density at radius 3 is 2.28 bits per heavy atom. The van der Waals surface area contributed by atoms with Gasteiger partial charge in [0.15, 0.2) is 0 Å². The van der Waals surface area contributed by atoms with E-state index in [1.807, 2.05) is 7.11 Å². The maximum atomic E-state index is 12.7. The largest absolute Gasteiger partial charge is 0.462 e. The number of carbonyl (C=O) groups excluding carboxylic acids is 2. The molecule has 0 amide bonds. The zero-order valence-electron chi connectivity index (χ0n) is 22.8. The van der Waals surface area contributed by atoms with E-state index in [4.69, 9.17) is 23.7 Å². The molecule has 1 aliphatic heterocycles. The smallest absolute Gasteiger partial charge is 0.302 e. The molecule has 5 aliphatic carbocycles. The number of esters is 2. The average molecular weight is 506 g/mol. The van der Waals surface area contributed by atoms with Crippen LogP contribution in [-0.4, -0.2) is 87.3 Å². The molecule has 202 valence electrons. The monoisotopic (exact) mass is 505 g/mol. The molecule has 0 radical (unpaired) electrons. The van der Waals surface area contributed by atoms with Crippen LogP contribution in [0.15, 0.2) is 0 Å². The third kappa shape index (κ3) is 2.75. The minimum Gasteiger partial charge on any atom is -0.462 e. The number of fused-ring (bicyclic) bond motifs is 2. The van der Waals surface area contributed by atoms with E-state index < -0.39 is 5.60 Å². The van der Waals surface area contributed by atoms with Crippen LogP contribution >= 0.6 is 0 Å². The Morgan fingerprint density at radius 1 is 1.00 bits per heavy atom. The Balaban J connectivity index is 1.65. The van der Waals surface area contributed by atoms with Gasteiger partial charge in [-0.2, -0.15) is 0 Å². The van der Waals surface area contributed by atoms with Gasteiger partial charge in [-0.1, -0.05) is 13.8 Å². The summed E-state index contributed by atoms with van der Waals surface area (Å²) in [6, 6.07) is 0.170. The van der Waals surface area contributed by atoms with E-state index in [1.165, 1.54) is 13.8 Å². The highest BCUT2D eigenvalue weighted by Gasteiger charge is 2.87. The molecule has 36 heavy (non-hydrogen) atoms. The van der Waals surface area contributed by atoms with Gasteiger partial charge in [-0.25, -0.2) is 0 Å². The van der Waals surface area contributed by atoms with Crippen LogP contribution in [0, 0.1) is 40.4 Å². The third-order valence-electron chi connectivity index (χ3n) is 11.8. The first-order valence-corrected chi connectivity index (χ1v) is 13.8. The van der Waals surface area contributed by atoms with Gasteiger partial charge < -0.3 is 23.7 Å². The maximum Gasteiger partial charge on any atom is 0.302 e. The van der Waals surface area contributed by atoms with Gasteiger partial charge in [0, 0.05) is 83.3 Å². The first-order valence-electron chi connectivity index (χ1n) is 13.8. The van der Waals surface area contributed by atoms with Crippen LogP contribution in [0.2, 0.25) is 0 Å². The summed E-state index contributed by atoms with van der Waals surface area (Å²) >= 11 is 0. The minimum atomic E-state index is -0.622. The zero-order valence-corrected chi connectivity index (χ0v) is 22.8. The van der Waals surface area contributed by atoms with Gasteiger partial charge in [0.1, 0.15) is 12.2 Å². The van der Waals surface area contributed by atoms with Crippen molar-refractivity contribution in [1.82, 2.24) is 4.90 Å². The van der Waals surface area contributed by atoms with E-state index in [-0.39, 0.29) is 82.8 Å². The Hall–Kier alpha value is -1.22. The molecule has 1 heterocycles. The SMILES string of the molecule is CCN1C[C@]2(C)CC[C@H](OC)[C@@]34[C@@H]5C[C@H]6[C@H](OC(C)=O)[C@@H]5[C@](OC)(C[C@@H]6OC)[C@@H]([C@H](OC(C)=O)[C@H]23)[C@@H]14. The summed E-state index contributed by atoms with van der Waals surface area (Å²) in [5.74, 6) is -0.0124. The number of hydrogen-bond donors (Lipinski definition) is 0. The summed E-state index contributed by atoms with van der Waals surface area (Å²) in [7, 11) is 5.41. The Morgan fingerprint density at radius 2 is 1.69 bits per heavy atom. The van der Waals surface area contributed by atoms with Gasteiger partial charge >= 0.3 is 11.9 Å². The van der Waals surface area contributed by atoms with E-state index in [9.17, 15) is 9.59 Å². The molecular weight excluding hydrogens is 462 g/mol. The number of ether oxygens (including phenoxy) is 5. The van der Waals surface area contributed by atoms with Gasteiger partial charge in [-0.15, -0.1) is 0 Å². The van der Waals surface area contributed by atoms with Crippen molar-refractivity contribution in [3.05, 3.63) is 0 Å². The summed E-state index contributed by atoms with van der Waals surface area (Å²) in [6.45, 7) is 9.61. The highest BCUT2D eigenvalue weighted by atomic mass is 16.6. The highest BCUT2D eigenvalue weighted by molar-refractivity contribution is 5.67. The van der Waals surface area contributed by atoms with Gasteiger partial charge in [-0.3, -0.25) is 14.5 Å². The fourth-order valence-electron chi connectivity index (χ4n) is 11.4. The van der Waals surface area contributed by atoms with Crippen LogP contribution in [0.25, 0.3) is 0 Å². The predicted molar refractivity (Wildman–Crippen MR) is 130 cm³/mol. The number of hydrogen-bond acceptors (Lipinski definition) is 8. The summed E-state index contributed by atoms with van der Waals surface area (Å²) in [5, 5.41) is 0. The van der Waals surface area contributed by atoms with Gasteiger partial charge in [0.2, 0.25) is 0 Å². The lowest BCUT2D eigenvalue weighted by atomic mass is 9.43. The third-order valence-corrected chi connectivity index (χ3v) is 11.8. The van der Waals surface area contributed by atoms with Crippen molar-refractivity contribution >= 4 is 11.9 Å². The quantitative estimate of drug-likeness (QED) is 0.510. The summed E-state index contributed by atoms with van der Waals surface area (Å²) in [4.78, 5) is 27.7. The lowest BCUT2D eigenvalue weighted by molar-refractivity contribution is -0.277. The molecule has 6 aliphatic rings. The van der Waals surface area contributed by atoms with Crippen molar-refractivity contribution in [2.75, 3.05) is 34.4 Å². The van der Waals surface area contributed by atoms with Crippen LogP contribution < -0.4 is 0 Å². The van der Waals surface area contributed by atoms with E-state index in [1.54, 1.807) is 14.2 Å². The van der Waals surface area contributed by atoms with Crippen molar-refractivity contribution in [3.8, 4) is 0 Å². The number of carbonyl (C=O) groups is 2. The second kappa shape index (κ2) is 8.14. The van der Waals surface area contributed by atoms with E-state index in [0.717, 1.165) is 38.8 Å². The molecule has 0 N–H and O–H groups in total. The van der Waals surface area contributed by atoms with Crippen LogP contribution in [0.3, 0.4) is 0 Å². The molecule has 13 atom stereocenters. The van der Waals surface area contributed by atoms with Gasteiger partial charge in [0.05, 0.1) is 17.8 Å². The lowest BCUT2D eigenvalue weighted by Crippen LogP contribution is -2.76. The molecule has 7 bridgehead atoms. The van der Waals surface area contributed by atoms with Crippen LogP contribution in [0.1, 0.15) is 53.4 Å². The number of methoxy groups -OCH3 is 3. The number of likely N-dealkylation sites (tertiary alicyclic amines) is 1. The van der Waals surface area contributed by atoms with Crippen LogP contribution in [0.4, 0.5) is 0 Å². The maximum absolute atomic E-state index is 12.7. The summed E-state index contributed by atoms with van der Waals surface area (Å²) in [5.41, 5.74) is -0.828. The summed E-state index contributed by atoms with van der Waals surface area (Å²) in [6.07, 6.45) is 3.08. The molecule has 8 nitrogen and oxygen atoms in total. The second-order valence-electron chi connectivity index (χ2n) is 12.7. The van der Waals surface area contributed by atoms with Gasteiger partial charge in [-0.05, 0) is 37.1 Å². The fourth-order valence-corrected chi connectivity index (χ4v) is 11.4. The molecule has 1 saturated heterocycles. The van der Waals surface area contributed by atoms with E-state index in [2.05, 4.69) is 18.7 Å². The first-order chi connectivity index (χ1) is 17.1. The average Bonchev–Trinajstić information content (AvgIpc) is 3.23.